The van der Waals surface area contributed by atoms with Crippen LogP contribution in [0.4, 0.5) is 0 Å². The van der Waals surface area contributed by atoms with E-state index in [2.05, 4.69) is 67.3 Å². The van der Waals surface area contributed by atoms with E-state index in [0.29, 0.717) is 0 Å². The fourth-order valence-electron chi connectivity index (χ4n) is 1.45. The molecule has 0 radical (unpaired) electrons. The first-order valence-corrected chi connectivity index (χ1v) is 6.50. The maximum Gasteiger partial charge on any atom is 1.00 e. The maximum absolute atomic E-state index is 2.31. The Labute approximate surface area is 116 Å². The normalized spacial score (nSPS) is 9.73. The Morgan fingerprint density at radius 3 is 1.40 bits per heavy atom. The average Bonchev–Trinajstić information content (AvgIpc) is 2.30. The van der Waals surface area contributed by atoms with E-state index in [9.17, 15) is 0 Å². The van der Waals surface area contributed by atoms with E-state index >= 15 is 0 Å². The van der Waals surface area contributed by atoms with Gasteiger partial charge in [0.1, 0.15) is 0 Å². The summed E-state index contributed by atoms with van der Waals surface area (Å²) in [4.78, 5) is 0. The van der Waals surface area contributed by atoms with Crippen LogP contribution in [-0.4, -0.2) is 6.66 Å². The molecule has 15 heavy (non-hydrogen) atoms. The molecule has 0 fully saturated rings. The van der Waals surface area contributed by atoms with E-state index in [4.69, 9.17) is 0 Å². The van der Waals surface area contributed by atoms with Crippen LogP contribution < -0.4 is 40.2 Å². The molecule has 0 heterocycles. The molecule has 0 saturated heterocycles. The smallest absolute Gasteiger partial charge is 1.00 e. The van der Waals surface area contributed by atoms with Crippen molar-refractivity contribution in [2.45, 2.75) is 0 Å². The van der Waals surface area contributed by atoms with Gasteiger partial charge in [0, 0.05) is 0 Å². The van der Waals surface area contributed by atoms with Crippen LogP contribution in [0.3, 0.4) is 0 Å². The van der Waals surface area contributed by atoms with Crippen molar-refractivity contribution in [2.75, 3.05) is 6.66 Å². The van der Waals surface area contributed by atoms with Crippen molar-refractivity contribution in [3.8, 4) is 0 Å². The number of benzene rings is 2. The van der Waals surface area contributed by atoms with Crippen LogP contribution >= 0.6 is 7.92 Å². The van der Waals surface area contributed by atoms with Crippen molar-refractivity contribution in [3.63, 3.8) is 0 Å². The summed E-state index contributed by atoms with van der Waals surface area (Å²) >= 11 is 0. The van der Waals surface area contributed by atoms with Crippen molar-refractivity contribution >= 4 is 18.5 Å². The Morgan fingerprint density at radius 1 is 0.733 bits per heavy atom. The predicted molar refractivity (Wildman–Crippen MR) is 66.1 cm³/mol. The monoisotopic (exact) mass is 224 g/mol. The molecule has 0 aromatic heterocycles. The van der Waals surface area contributed by atoms with Gasteiger partial charge in [-0.1, -0.05) is 60.7 Å². The van der Waals surface area contributed by atoms with Gasteiger partial charge in [0.05, 0.1) is 0 Å². The molecule has 0 amide bonds. The molecule has 0 aliphatic carbocycles. The van der Waals surface area contributed by atoms with Gasteiger partial charge in [-0.15, -0.1) is 0 Å². The SMILES string of the molecule is CP(c1ccccc1)c1ccccc1.[H-].[Na+]. The molecule has 0 aliphatic heterocycles. The zero-order valence-electron chi connectivity index (χ0n) is 10.2. The molecule has 0 nitrogen and oxygen atoms in total. The molecule has 0 aliphatic rings. The third kappa shape index (κ3) is 3.43. The summed E-state index contributed by atoms with van der Waals surface area (Å²) in [5, 5.41) is 2.88. The summed E-state index contributed by atoms with van der Waals surface area (Å²) in [5.41, 5.74) is 0. The predicted octanol–water partition coefficient (Wildman–Crippen LogP) is -0.134. The van der Waals surface area contributed by atoms with Crippen LogP contribution in [-0.2, 0) is 0 Å². The molecule has 0 atom stereocenters. The fraction of sp³-hybridized carbons (Fsp3) is 0.0769. The quantitative estimate of drug-likeness (QED) is 0.492. The van der Waals surface area contributed by atoms with Gasteiger partial charge >= 0.3 is 29.6 Å². The first-order valence-electron chi connectivity index (χ1n) is 4.72. The van der Waals surface area contributed by atoms with Crippen LogP contribution in [0.5, 0.6) is 0 Å². The molecule has 2 aromatic carbocycles. The van der Waals surface area contributed by atoms with Crippen molar-refractivity contribution in [1.29, 1.82) is 0 Å². The third-order valence-corrected chi connectivity index (χ3v) is 4.43. The Morgan fingerprint density at radius 2 is 1.07 bits per heavy atom. The van der Waals surface area contributed by atoms with Crippen molar-refractivity contribution < 1.29 is 31.0 Å². The first-order chi connectivity index (χ1) is 6.88. The van der Waals surface area contributed by atoms with E-state index in [1.807, 2.05) is 0 Å². The Kier molecular flexibility index (Phi) is 5.56. The molecule has 0 saturated carbocycles. The standard InChI is InChI=1S/C13H13P.Na.H/c1-14(12-8-4-2-5-9-12)13-10-6-3-7-11-13;;/h2-11H,1H3;;/q;+1;-1. The molecule has 2 aromatic rings. The van der Waals surface area contributed by atoms with Gasteiger partial charge in [0.25, 0.3) is 0 Å². The molecule has 0 unspecified atom stereocenters. The minimum atomic E-state index is -0.171. The van der Waals surface area contributed by atoms with E-state index in [1.165, 1.54) is 10.6 Å². The molecule has 2 rings (SSSR count). The van der Waals surface area contributed by atoms with Crippen molar-refractivity contribution in [1.82, 2.24) is 0 Å². The topological polar surface area (TPSA) is 0 Å². The van der Waals surface area contributed by atoms with E-state index in [-0.39, 0.29) is 38.9 Å². The minimum absolute atomic E-state index is 0. The largest absolute Gasteiger partial charge is 1.00 e. The van der Waals surface area contributed by atoms with Gasteiger partial charge in [-0.2, -0.15) is 0 Å². The summed E-state index contributed by atoms with van der Waals surface area (Å²) < 4.78 is 0. The Balaban J connectivity index is 0.00000112. The Bertz CT molecular complexity index is 352. The molecule has 0 N–H and O–H groups in total. The summed E-state index contributed by atoms with van der Waals surface area (Å²) in [6.45, 7) is 2.31. The van der Waals surface area contributed by atoms with Gasteiger partial charge in [0.15, 0.2) is 0 Å². The van der Waals surface area contributed by atoms with Crippen LogP contribution in [0.25, 0.3) is 0 Å². The van der Waals surface area contributed by atoms with Crippen LogP contribution in [0.2, 0.25) is 0 Å². The number of hydrogen-bond donors (Lipinski definition) is 0. The zero-order valence-corrected chi connectivity index (χ0v) is 12.1. The van der Waals surface area contributed by atoms with Gasteiger partial charge in [0.2, 0.25) is 0 Å². The molecule has 0 spiro atoms. The second kappa shape index (κ2) is 6.45. The van der Waals surface area contributed by atoms with Crippen LogP contribution in [0, 0.1) is 0 Å². The third-order valence-electron chi connectivity index (χ3n) is 2.29. The average molecular weight is 224 g/mol. The minimum Gasteiger partial charge on any atom is -1.00 e. The molecule has 0 bridgehead atoms. The number of rotatable bonds is 2. The van der Waals surface area contributed by atoms with E-state index < -0.39 is 0 Å². The van der Waals surface area contributed by atoms with E-state index in [0.717, 1.165) is 0 Å². The van der Waals surface area contributed by atoms with Crippen LogP contribution in [0.1, 0.15) is 1.43 Å². The molecular weight excluding hydrogens is 210 g/mol. The summed E-state index contributed by atoms with van der Waals surface area (Å²) in [6.07, 6.45) is 0. The first kappa shape index (κ1) is 12.9. The Hall–Kier alpha value is -0.130. The number of hydrogen-bond acceptors (Lipinski definition) is 0. The molecular formula is C13H14NaP. The molecule has 72 valence electrons. The second-order valence-electron chi connectivity index (χ2n) is 3.23. The van der Waals surface area contributed by atoms with Crippen LogP contribution in [0.15, 0.2) is 60.7 Å². The summed E-state index contributed by atoms with van der Waals surface area (Å²) in [5.74, 6) is 0. The fourth-order valence-corrected chi connectivity index (χ4v) is 2.99. The van der Waals surface area contributed by atoms with Gasteiger partial charge in [-0.05, 0) is 25.2 Å². The second-order valence-corrected chi connectivity index (χ2v) is 5.38. The summed E-state index contributed by atoms with van der Waals surface area (Å²) in [7, 11) is -0.171. The zero-order chi connectivity index (χ0) is 9.80. The van der Waals surface area contributed by atoms with Crippen molar-refractivity contribution in [3.05, 3.63) is 60.7 Å². The summed E-state index contributed by atoms with van der Waals surface area (Å²) in [6, 6.07) is 21.4. The molecule has 2 heteroatoms. The van der Waals surface area contributed by atoms with Gasteiger partial charge < -0.3 is 1.43 Å². The van der Waals surface area contributed by atoms with Crippen molar-refractivity contribution in [2.24, 2.45) is 0 Å². The van der Waals surface area contributed by atoms with Gasteiger partial charge in [-0.25, -0.2) is 0 Å². The van der Waals surface area contributed by atoms with Gasteiger partial charge in [-0.3, -0.25) is 0 Å². The maximum atomic E-state index is 2.31. The van der Waals surface area contributed by atoms with E-state index in [1.54, 1.807) is 0 Å².